The van der Waals surface area contributed by atoms with Crippen LogP contribution < -0.4 is 44.2 Å². The second kappa shape index (κ2) is 12.1. The Morgan fingerprint density at radius 2 is 1.11 bits per heavy atom. The first-order valence-electron chi connectivity index (χ1n) is 3.49. The standard InChI is InChI=1S/C4H13NO7P2.4H3N/c6-2-1-5(3-13(7,8)9)4-14(10,11)12;;;;/h6H,1-4H2,(H2,7,8,9)(H2,10,11,12);4*1H3. The monoisotopic (exact) mass is 317 g/mol. The lowest BCUT2D eigenvalue weighted by Gasteiger charge is -2.40. The summed E-state index contributed by atoms with van der Waals surface area (Å²) in [6, 6.07) is 0. The predicted octanol–water partition coefficient (Wildman–Crippen LogP) is -2.47. The van der Waals surface area contributed by atoms with Crippen molar-refractivity contribution in [1.29, 1.82) is 0 Å². The number of hydrogen-bond acceptors (Lipinski definition) is 8. The van der Waals surface area contributed by atoms with Crippen LogP contribution in [0.4, 0.5) is 0 Å². The third-order valence-electron chi connectivity index (χ3n) is 1.16. The van der Waals surface area contributed by atoms with Crippen LogP contribution in [0, 0.1) is 0 Å². The van der Waals surface area contributed by atoms with Gasteiger partial charge in [0.25, 0.3) is 0 Å². The topological polar surface area (TPSA) is 296 Å². The molecule has 0 heterocycles. The number of aliphatic hydroxyl groups is 1. The maximum Gasteiger partial charge on any atom is 0.0558 e. The molecule has 18 heavy (non-hydrogen) atoms. The highest BCUT2D eigenvalue weighted by atomic mass is 31.2. The maximum absolute atomic E-state index is 10.3. The lowest BCUT2D eigenvalue weighted by atomic mass is 10.6. The SMILES string of the molecule is O=P([O-])([O-])CN(CCO)CP(=O)([O-])[O-].[NH4+].[NH4+].[NH4+].[NH4+]. The zero-order valence-corrected chi connectivity index (χ0v) is 12.9. The Bertz CT molecular complexity index is 243. The summed E-state index contributed by atoms with van der Waals surface area (Å²) >= 11 is 0. The first-order chi connectivity index (χ1) is 6.14. The molecule has 0 bridgehead atoms. The fourth-order valence-corrected chi connectivity index (χ4v) is 2.44. The van der Waals surface area contributed by atoms with Crippen molar-refractivity contribution < 1.29 is 33.8 Å². The summed E-state index contributed by atoms with van der Waals surface area (Å²) in [5.41, 5.74) is 0. The number of quaternary nitrogens is 4. The first kappa shape index (κ1) is 30.8. The summed E-state index contributed by atoms with van der Waals surface area (Å²) in [5.74, 6) is 0. The molecular formula is C4H25N5O7P2. The molecule has 0 aliphatic carbocycles. The highest BCUT2D eigenvalue weighted by Gasteiger charge is 2.07. The third kappa shape index (κ3) is 21.4. The van der Waals surface area contributed by atoms with Gasteiger partial charge in [0, 0.05) is 19.1 Å². The maximum atomic E-state index is 10.3. The summed E-state index contributed by atoms with van der Waals surface area (Å²) < 4.78 is 20.5. The highest BCUT2D eigenvalue weighted by molar-refractivity contribution is 7.49. The summed E-state index contributed by atoms with van der Waals surface area (Å²) in [6.07, 6.45) is -2.16. The summed E-state index contributed by atoms with van der Waals surface area (Å²) in [6.45, 7) is -0.900. The molecule has 0 aliphatic rings. The van der Waals surface area contributed by atoms with E-state index in [0.717, 1.165) is 0 Å². The fourth-order valence-electron chi connectivity index (χ4n) is 0.817. The quantitative estimate of drug-likeness (QED) is 0.326. The molecule has 0 rings (SSSR count). The van der Waals surface area contributed by atoms with Crippen LogP contribution >= 0.6 is 15.2 Å². The van der Waals surface area contributed by atoms with Crippen LogP contribution in [0.2, 0.25) is 0 Å². The Labute approximate surface area is 105 Å². The Morgan fingerprint density at radius 1 is 0.833 bits per heavy atom. The molecule has 0 spiro atoms. The van der Waals surface area contributed by atoms with E-state index in [4.69, 9.17) is 5.11 Å². The Morgan fingerprint density at radius 3 is 1.28 bits per heavy atom. The van der Waals surface area contributed by atoms with Gasteiger partial charge in [0.1, 0.15) is 0 Å². The van der Waals surface area contributed by atoms with Crippen molar-refractivity contribution in [3.63, 3.8) is 0 Å². The lowest BCUT2D eigenvalue weighted by Crippen LogP contribution is -2.37. The molecule has 0 radical (unpaired) electrons. The number of nitrogens with zero attached hydrogens (tertiary/aromatic N) is 1. The summed E-state index contributed by atoms with van der Waals surface area (Å²) in [4.78, 5) is 41.6. The molecule has 0 aromatic heterocycles. The lowest BCUT2D eigenvalue weighted by molar-refractivity contribution is -0.318. The zero-order chi connectivity index (χ0) is 11.4. The van der Waals surface area contributed by atoms with Gasteiger partial charge in [0.2, 0.25) is 0 Å². The van der Waals surface area contributed by atoms with Crippen molar-refractivity contribution in [3.05, 3.63) is 0 Å². The van der Waals surface area contributed by atoms with Gasteiger partial charge in [-0.15, -0.1) is 0 Å². The fraction of sp³-hybridized carbons (Fsp3) is 1.00. The van der Waals surface area contributed by atoms with E-state index >= 15 is 0 Å². The van der Waals surface area contributed by atoms with Crippen molar-refractivity contribution in [3.8, 4) is 0 Å². The predicted molar refractivity (Wildman–Crippen MR) is 62.7 cm³/mol. The molecule has 0 saturated heterocycles. The van der Waals surface area contributed by atoms with Gasteiger partial charge in [0.15, 0.2) is 0 Å². The van der Waals surface area contributed by atoms with Gasteiger partial charge in [-0.25, -0.2) is 0 Å². The average molecular weight is 317 g/mol. The van der Waals surface area contributed by atoms with Crippen LogP contribution in [0.3, 0.4) is 0 Å². The van der Waals surface area contributed by atoms with Crippen LogP contribution in [-0.4, -0.2) is 35.7 Å². The Balaban J connectivity index is -0.000000141. The largest absolute Gasteiger partial charge is 0.810 e. The molecule has 14 heteroatoms. The first-order valence-corrected chi connectivity index (χ1v) is 6.95. The van der Waals surface area contributed by atoms with Gasteiger partial charge in [-0.3, -0.25) is 4.90 Å². The van der Waals surface area contributed by atoms with Crippen LogP contribution in [0.15, 0.2) is 0 Å². The van der Waals surface area contributed by atoms with Crippen molar-refractivity contribution in [2.45, 2.75) is 0 Å². The molecule has 0 aromatic carbocycles. The van der Waals surface area contributed by atoms with E-state index in [2.05, 4.69) is 0 Å². The highest BCUT2D eigenvalue weighted by Crippen LogP contribution is 2.30. The van der Waals surface area contributed by atoms with E-state index in [1.54, 1.807) is 0 Å². The van der Waals surface area contributed by atoms with E-state index in [1.165, 1.54) is 0 Å². The zero-order valence-electron chi connectivity index (χ0n) is 11.1. The average Bonchev–Trinajstić information content (AvgIpc) is 1.78. The second-order valence-corrected chi connectivity index (χ2v) is 5.63. The molecule has 12 nitrogen and oxygen atoms in total. The number of rotatable bonds is 6. The second-order valence-electron chi connectivity index (χ2n) is 2.62. The molecule has 0 fully saturated rings. The number of aliphatic hydroxyl groups excluding tert-OH is 1. The van der Waals surface area contributed by atoms with E-state index in [1.807, 2.05) is 0 Å². The van der Waals surface area contributed by atoms with Crippen molar-refractivity contribution >= 4 is 15.2 Å². The van der Waals surface area contributed by atoms with Crippen LogP contribution in [-0.2, 0) is 9.13 Å². The molecule has 0 aromatic rings. The number of hydrogen-bond donors (Lipinski definition) is 5. The van der Waals surface area contributed by atoms with Gasteiger partial charge in [0.05, 0.1) is 6.61 Å². The molecule has 0 saturated carbocycles. The smallest absolute Gasteiger partial charge is 0.0558 e. The normalized spacial score (nSPS) is 10.6. The van der Waals surface area contributed by atoms with Crippen LogP contribution in [0.5, 0.6) is 0 Å². The molecule has 17 N–H and O–H groups in total. The van der Waals surface area contributed by atoms with Gasteiger partial charge >= 0.3 is 0 Å². The minimum absolute atomic E-state index is 0. The van der Waals surface area contributed by atoms with Gasteiger partial charge in [-0.2, -0.15) is 0 Å². The molecule has 118 valence electrons. The minimum atomic E-state index is -4.92. The van der Waals surface area contributed by atoms with Crippen molar-refractivity contribution in [2.75, 3.05) is 25.7 Å². The Hall–Kier alpha value is 0.0600. The van der Waals surface area contributed by atoms with Gasteiger partial charge in [-0.05, 0) is 0 Å². The molecule has 0 unspecified atom stereocenters. The van der Waals surface area contributed by atoms with Crippen LogP contribution in [0.1, 0.15) is 0 Å². The molecular weight excluding hydrogens is 292 g/mol. The van der Waals surface area contributed by atoms with Crippen molar-refractivity contribution in [2.24, 2.45) is 0 Å². The molecule has 0 atom stereocenters. The molecule has 0 amide bonds. The van der Waals surface area contributed by atoms with Gasteiger partial charge in [-0.1, -0.05) is 15.2 Å². The molecule has 0 aliphatic heterocycles. The van der Waals surface area contributed by atoms with E-state index in [0.29, 0.717) is 4.90 Å². The van der Waals surface area contributed by atoms with Crippen molar-refractivity contribution in [1.82, 2.24) is 29.5 Å². The van der Waals surface area contributed by atoms with E-state index < -0.39 is 34.4 Å². The van der Waals surface area contributed by atoms with Gasteiger partial charge < -0.3 is 58.4 Å². The van der Waals surface area contributed by atoms with Crippen LogP contribution in [0.25, 0.3) is 0 Å². The Kier molecular flexibility index (Phi) is 20.7. The minimum Gasteiger partial charge on any atom is -0.810 e. The summed E-state index contributed by atoms with van der Waals surface area (Å²) in [7, 11) is -9.84. The third-order valence-corrected chi connectivity index (χ3v) is 2.66. The summed E-state index contributed by atoms with van der Waals surface area (Å²) in [5, 5.41) is 8.40. The van der Waals surface area contributed by atoms with E-state index in [9.17, 15) is 28.7 Å². The van der Waals surface area contributed by atoms with E-state index in [-0.39, 0.29) is 31.1 Å².